The van der Waals surface area contributed by atoms with Crippen LogP contribution < -0.4 is 31.9 Å². The monoisotopic (exact) mass is 1130 g/mol. The highest BCUT2D eigenvalue weighted by atomic mass is 16.2. The average molecular weight is 1130 g/mol. The van der Waals surface area contributed by atoms with Crippen molar-refractivity contribution in [1.82, 2.24) is 31.9 Å². The molecule has 12 rings (SSSR count). The fourth-order valence-electron chi connectivity index (χ4n) is 13.2. The van der Waals surface area contributed by atoms with E-state index >= 15 is 0 Å². The zero-order valence-electron chi connectivity index (χ0n) is 48.4. The first-order valence-corrected chi connectivity index (χ1v) is 31.2. The molecule has 0 radical (unpaired) electrons. The van der Waals surface area contributed by atoms with E-state index in [2.05, 4.69) is 105 Å². The van der Waals surface area contributed by atoms with Gasteiger partial charge in [0.05, 0.1) is 0 Å². The molecule has 438 valence electrons. The van der Waals surface area contributed by atoms with Crippen LogP contribution in [0.3, 0.4) is 0 Å². The average Bonchev–Trinajstić information content (AvgIpc) is 4.62. The van der Waals surface area contributed by atoms with Crippen LogP contribution in [0.15, 0.2) is 182 Å². The molecule has 0 bridgehead atoms. The van der Waals surface area contributed by atoms with Crippen LogP contribution in [0.2, 0.25) is 0 Å². The molecule has 12 nitrogen and oxygen atoms in total. The second-order valence-electron chi connectivity index (χ2n) is 24.1. The third kappa shape index (κ3) is 16.7. The lowest BCUT2D eigenvalue weighted by Crippen LogP contribution is -2.41. The summed E-state index contributed by atoms with van der Waals surface area (Å²) in [5.74, 6) is 0.410. The highest BCUT2D eigenvalue weighted by Gasteiger charge is 2.47. The highest BCUT2D eigenvalue weighted by Crippen LogP contribution is 2.44. The van der Waals surface area contributed by atoms with Crippen LogP contribution in [0.5, 0.6) is 0 Å². The number of amides is 6. The Labute approximate surface area is 496 Å². The van der Waals surface area contributed by atoms with E-state index in [0.29, 0.717) is 37.4 Å². The first-order chi connectivity index (χ1) is 41.2. The highest BCUT2D eigenvalue weighted by molar-refractivity contribution is 5.90. The molecule has 6 aliphatic carbocycles. The van der Waals surface area contributed by atoms with E-state index in [1.54, 1.807) is 0 Å². The molecule has 0 unspecified atom stereocenters. The Hall–Kier alpha value is -7.86. The quantitative estimate of drug-likeness (QED) is 0.0418. The summed E-state index contributed by atoms with van der Waals surface area (Å²) in [6.45, 7) is 1.84. The number of hydrogen-bond donors (Lipinski definition) is 6. The van der Waals surface area contributed by atoms with Crippen LogP contribution in [0.1, 0.15) is 128 Å². The van der Waals surface area contributed by atoms with E-state index in [1.165, 1.54) is 33.4 Å². The van der Waals surface area contributed by atoms with Crippen LogP contribution >= 0.6 is 0 Å². The Bertz CT molecular complexity index is 2940. The molecule has 0 heterocycles. The number of rotatable bonds is 21. The van der Waals surface area contributed by atoms with Gasteiger partial charge in [-0.1, -0.05) is 201 Å². The lowest BCUT2D eigenvalue weighted by atomic mass is 9.94. The molecule has 0 aliphatic heterocycles. The van der Waals surface area contributed by atoms with Crippen molar-refractivity contribution in [3.63, 3.8) is 0 Å². The maximum Gasteiger partial charge on any atom is 0.224 e. The normalized spacial score (nSPS) is 25.9. The van der Waals surface area contributed by atoms with Crippen molar-refractivity contribution in [2.75, 3.05) is 19.6 Å². The molecular formula is C72H84N6O6. The third-order valence-corrected chi connectivity index (χ3v) is 18.3. The SMILES string of the molecule is O=C(NCCc1ccccc1)[C@@H]1CCC[C@H]1C(=O)NCCc1ccccc1.O=C(NCCc1ccccc1)[C@@H]1CCC[C@H]1C(=O)N[C@H]1C[C@@H]1c1ccccc1.O=C(N[C@H]1C[C@@H]1c1ccccc1)[C@@H]1CCC[C@H]1C(=O)N[C@@H]1C[C@H]1c1ccccc1. The van der Waals surface area contributed by atoms with Crippen molar-refractivity contribution in [2.45, 2.75) is 132 Å². The lowest BCUT2D eigenvalue weighted by Gasteiger charge is -2.19. The molecule has 6 aliphatic rings. The van der Waals surface area contributed by atoms with Crippen molar-refractivity contribution in [3.8, 4) is 0 Å². The Morgan fingerprint density at radius 2 is 0.500 bits per heavy atom. The Balaban J connectivity index is 0.000000141. The maximum atomic E-state index is 12.9. The summed E-state index contributed by atoms with van der Waals surface area (Å²) in [6.07, 6.45) is 13.1. The molecule has 6 amide bonds. The van der Waals surface area contributed by atoms with Crippen LogP contribution in [0.4, 0.5) is 0 Å². The summed E-state index contributed by atoms with van der Waals surface area (Å²) in [5, 5.41) is 18.7. The van der Waals surface area contributed by atoms with Gasteiger partial charge in [0.15, 0.2) is 0 Å². The second kappa shape index (κ2) is 29.6. The van der Waals surface area contributed by atoms with Crippen LogP contribution in [0, 0.1) is 35.5 Å². The number of benzene rings is 6. The molecule has 0 aromatic heterocycles. The summed E-state index contributed by atoms with van der Waals surface area (Å²) in [5.41, 5.74) is 7.50. The van der Waals surface area contributed by atoms with E-state index in [-0.39, 0.29) is 89.1 Å². The Kier molecular flexibility index (Phi) is 20.9. The van der Waals surface area contributed by atoms with Gasteiger partial charge in [-0.2, -0.15) is 0 Å². The molecule has 84 heavy (non-hydrogen) atoms. The third-order valence-electron chi connectivity index (χ3n) is 18.3. The minimum Gasteiger partial charge on any atom is -0.356 e. The molecule has 0 saturated heterocycles. The number of nitrogens with one attached hydrogen (secondary N) is 6. The fourth-order valence-corrected chi connectivity index (χ4v) is 13.2. The van der Waals surface area contributed by atoms with E-state index in [1.807, 2.05) is 109 Å². The smallest absolute Gasteiger partial charge is 0.224 e. The molecule has 6 saturated carbocycles. The predicted molar refractivity (Wildman–Crippen MR) is 329 cm³/mol. The van der Waals surface area contributed by atoms with Gasteiger partial charge in [0.1, 0.15) is 0 Å². The van der Waals surface area contributed by atoms with Crippen molar-refractivity contribution in [1.29, 1.82) is 0 Å². The van der Waals surface area contributed by atoms with Gasteiger partial charge >= 0.3 is 0 Å². The number of hydrogen-bond acceptors (Lipinski definition) is 6. The topological polar surface area (TPSA) is 175 Å². The number of carbonyl (C=O) groups excluding carboxylic acids is 6. The van der Waals surface area contributed by atoms with Gasteiger partial charge in [0.25, 0.3) is 0 Å². The molecular weight excluding hydrogens is 1040 g/mol. The molecule has 6 aromatic rings. The molecule has 6 aromatic carbocycles. The number of carbonyl (C=O) groups is 6. The van der Waals surface area contributed by atoms with Gasteiger partial charge in [-0.3, -0.25) is 28.8 Å². The van der Waals surface area contributed by atoms with Gasteiger partial charge in [-0.25, -0.2) is 0 Å². The van der Waals surface area contributed by atoms with Crippen molar-refractivity contribution in [3.05, 3.63) is 215 Å². The standard InChI is InChI=1S/C25H28N2O2.C24H28N2O2.C23H28N2O2/c28-24(26-22-14-20(22)16-8-3-1-4-9-16)18-12-7-13-19(18)25(29)27-23-15-21(23)17-10-5-2-6-11-17;27-23(25-15-14-17-8-3-1-4-9-17)19-12-7-13-20(19)24(28)26-22-16-21(22)18-10-5-2-6-11-18;26-22(24-16-14-18-8-3-1-4-9-18)20-12-7-13-21(20)23(27)25-17-15-19-10-5-2-6-11-19/h1-6,8-11,18-23H,7,12-15H2,(H,26,28)(H,27,29);1-6,8-11,19-22H,7,12-16H2,(H,25,27)(H,26,28);1-6,8-11,20-21H,7,12-17H2,(H,24,26)(H,25,27)/t18-,19-,20-,21+,22+,23-;19-,20-,21-,22+;20-,21-/m111/s1. The van der Waals surface area contributed by atoms with E-state index in [4.69, 9.17) is 0 Å². The van der Waals surface area contributed by atoms with Crippen LogP contribution in [0.25, 0.3) is 0 Å². The van der Waals surface area contributed by atoms with Crippen LogP contribution in [-0.4, -0.2) is 73.2 Å². The van der Waals surface area contributed by atoms with E-state index in [0.717, 1.165) is 96.3 Å². The maximum absolute atomic E-state index is 12.9. The van der Waals surface area contributed by atoms with Crippen molar-refractivity contribution in [2.24, 2.45) is 35.5 Å². The first kappa shape index (κ1) is 59.3. The molecule has 6 fully saturated rings. The van der Waals surface area contributed by atoms with Gasteiger partial charge in [-0.05, 0) is 110 Å². The Morgan fingerprint density at radius 1 is 0.286 bits per heavy atom. The summed E-state index contributed by atoms with van der Waals surface area (Å²) in [6, 6.07) is 62.1. The zero-order valence-corrected chi connectivity index (χ0v) is 48.4. The van der Waals surface area contributed by atoms with Crippen molar-refractivity contribution >= 4 is 35.4 Å². The summed E-state index contributed by atoms with van der Waals surface area (Å²) >= 11 is 0. The molecule has 6 N–H and O–H groups in total. The minimum atomic E-state index is -0.197. The first-order valence-electron chi connectivity index (χ1n) is 31.2. The van der Waals surface area contributed by atoms with Gasteiger partial charge in [-0.15, -0.1) is 0 Å². The summed E-state index contributed by atoms with van der Waals surface area (Å²) in [4.78, 5) is 76.3. The van der Waals surface area contributed by atoms with E-state index < -0.39 is 0 Å². The zero-order chi connectivity index (χ0) is 58.0. The fraction of sp³-hybridized carbons (Fsp3) is 0.417. The molecule has 0 spiro atoms. The van der Waals surface area contributed by atoms with Gasteiger partial charge in [0.2, 0.25) is 35.4 Å². The molecule has 12 atom stereocenters. The van der Waals surface area contributed by atoms with Gasteiger partial charge in [0, 0.05) is 91.0 Å². The largest absolute Gasteiger partial charge is 0.356 e. The van der Waals surface area contributed by atoms with Gasteiger partial charge < -0.3 is 31.9 Å². The van der Waals surface area contributed by atoms with Crippen LogP contribution in [-0.2, 0) is 48.0 Å². The second-order valence-corrected chi connectivity index (χ2v) is 24.1. The lowest BCUT2D eigenvalue weighted by molar-refractivity contribution is -0.133. The summed E-state index contributed by atoms with van der Waals surface area (Å²) < 4.78 is 0. The van der Waals surface area contributed by atoms with Crippen molar-refractivity contribution < 1.29 is 28.8 Å². The summed E-state index contributed by atoms with van der Waals surface area (Å²) in [7, 11) is 0. The Morgan fingerprint density at radius 3 is 0.738 bits per heavy atom. The van der Waals surface area contributed by atoms with E-state index in [9.17, 15) is 28.8 Å². The minimum absolute atomic E-state index is 0.0200. The predicted octanol–water partition coefficient (Wildman–Crippen LogP) is 10.3. The molecule has 12 heteroatoms.